The van der Waals surface area contributed by atoms with E-state index in [0.717, 1.165) is 0 Å². The standard InChI is InChI=1S/C20H18ClNO7/c1-20-17(29-19(23)12-5-3-2-4-6-12)11-26-18(20)16(10-27-20)28-15-8-7-13(22(24)25)9-14(15)21/h2-9,16-18H,10-11H2,1H3/t16-,17-,18+,20+/m0/s1. The third-order valence-corrected chi connectivity index (χ3v) is 5.49. The molecular formula is C20H18ClNO7. The molecule has 0 bridgehead atoms. The van der Waals surface area contributed by atoms with Gasteiger partial charge in [0.15, 0.2) is 12.2 Å². The maximum Gasteiger partial charge on any atom is 0.338 e. The Morgan fingerprint density at radius 3 is 2.69 bits per heavy atom. The Balaban J connectivity index is 1.45. The summed E-state index contributed by atoms with van der Waals surface area (Å²) in [4.78, 5) is 22.7. The van der Waals surface area contributed by atoms with Crippen molar-refractivity contribution in [1.29, 1.82) is 0 Å². The Morgan fingerprint density at radius 1 is 1.24 bits per heavy atom. The molecule has 2 aliphatic rings. The average Bonchev–Trinajstić information content (AvgIpc) is 3.20. The number of rotatable bonds is 5. The molecule has 0 saturated carbocycles. The number of fused-ring (bicyclic) bond motifs is 1. The maximum atomic E-state index is 12.4. The molecule has 9 heteroatoms. The van der Waals surface area contributed by atoms with Crippen LogP contribution in [0.15, 0.2) is 48.5 Å². The van der Waals surface area contributed by atoms with Gasteiger partial charge in [-0.2, -0.15) is 0 Å². The van der Waals surface area contributed by atoms with E-state index in [-0.39, 0.29) is 23.9 Å². The van der Waals surface area contributed by atoms with Crippen LogP contribution in [-0.4, -0.2) is 48.0 Å². The topological polar surface area (TPSA) is 97.1 Å². The first-order valence-corrected chi connectivity index (χ1v) is 9.38. The maximum absolute atomic E-state index is 12.4. The highest BCUT2D eigenvalue weighted by molar-refractivity contribution is 6.32. The monoisotopic (exact) mass is 419 g/mol. The zero-order chi connectivity index (χ0) is 20.6. The fourth-order valence-corrected chi connectivity index (χ4v) is 3.81. The predicted octanol–water partition coefficient (Wildman–Crippen LogP) is 3.41. The van der Waals surface area contributed by atoms with Crippen molar-refractivity contribution in [2.75, 3.05) is 13.2 Å². The van der Waals surface area contributed by atoms with Crippen LogP contribution in [0.25, 0.3) is 0 Å². The molecule has 152 valence electrons. The van der Waals surface area contributed by atoms with Gasteiger partial charge in [0.2, 0.25) is 0 Å². The van der Waals surface area contributed by atoms with Gasteiger partial charge in [-0.15, -0.1) is 0 Å². The van der Waals surface area contributed by atoms with E-state index in [1.807, 2.05) is 13.0 Å². The molecule has 0 unspecified atom stereocenters. The Bertz CT molecular complexity index is 938. The molecule has 4 atom stereocenters. The first kappa shape index (κ1) is 19.6. The lowest BCUT2D eigenvalue weighted by atomic mass is 9.94. The quantitative estimate of drug-likeness (QED) is 0.416. The Kier molecular flexibility index (Phi) is 5.16. The minimum atomic E-state index is -0.873. The fraction of sp³-hybridized carbons (Fsp3) is 0.350. The number of benzene rings is 2. The molecule has 2 saturated heterocycles. The number of carbonyl (C=O) groups excluding carboxylic acids is 1. The largest absolute Gasteiger partial charge is 0.484 e. The number of hydrogen-bond acceptors (Lipinski definition) is 7. The highest BCUT2D eigenvalue weighted by atomic mass is 35.5. The number of ether oxygens (including phenoxy) is 4. The molecule has 0 amide bonds. The first-order chi connectivity index (χ1) is 13.9. The van der Waals surface area contributed by atoms with Gasteiger partial charge in [0.1, 0.15) is 17.5 Å². The van der Waals surface area contributed by atoms with E-state index < -0.39 is 34.8 Å². The summed E-state index contributed by atoms with van der Waals surface area (Å²) in [6.07, 6.45) is -1.58. The van der Waals surface area contributed by atoms with Crippen LogP contribution in [0, 0.1) is 10.1 Å². The summed E-state index contributed by atoms with van der Waals surface area (Å²) in [5.41, 5.74) is -0.551. The zero-order valence-corrected chi connectivity index (χ0v) is 16.2. The molecule has 2 aromatic rings. The molecule has 29 heavy (non-hydrogen) atoms. The number of halogens is 1. The van der Waals surface area contributed by atoms with Gasteiger partial charge in [-0.25, -0.2) is 4.79 Å². The van der Waals surface area contributed by atoms with Crippen molar-refractivity contribution in [2.45, 2.75) is 30.8 Å². The van der Waals surface area contributed by atoms with E-state index in [4.69, 9.17) is 30.5 Å². The molecule has 0 aliphatic carbocycles. The van der Waals surface area contributed by atoms with Crippen LogP contribution < -0.4 is 4.74 Å². The van der Waals surface area contributed by atoms with Crippen LogP contribution in [0.3, 0.4) is 0 Å². The molecular weight excluding hydrogens is 402 g/mol. The molecule has 0 radical (unpaired) electrons. The number of carbonyl (C=O) groups is 1. The van der Waals surface area contributed by atoms with Crippen molar-refractivity contribution in [3.8, 4) is 5.75 Å². The van der Waals surface area contributed by atoms with Crippen LogP contribution in [0.2, 0.25) is 5.02 Å². The van der Waals surface area contributed by atoms with Crippen molar-refractivity contribution < 1.29 is 28.7 Å². The molecule has 4 rings (SSSR count). The molecule has 0 N–H and O–H groups in total. The van der Waals surface area contributed by atoms with Gasteiger partial charge >= 0.3 is 5.97 Å². The van der Waals surface area contributed by atoms with Gasteiger partial charge in [-0.3, -0.25) is 10.1 Å². The van der Waals surface area contributed by atoms with Gasteiger partial charge in [-0.05, 0) is 25.1 Å². The number of nitrogens with zero attached hydrogens (tertiary/aromatic N) is 1. The van der Waals surface area contributed by atoms with Crippen LogP contribution in [0.4, 0.5) is 5.69 Å². The van der Waals surface area contributed by atoms with Crippen molar-refractivity contribution in [1.82, 2.24) is 0 Å². The summed E-state index contributed by atoms with van der Waals surface area (Å²) in [5.74, 6) is -0.157. The van der Waals surface area contributed by atoms with E-state index in [1.165, 1.54) is 18.2 Å². The SMILES string of the molecule is C[C@]12OC[C@H](Oc3ccc([N+](=O)[O-])cc3Cl)[C@H]1OC[C@@H]2OC(=O)c1ccccc1. The van der Waals surface area contributed by atoms with Gasteiger partial charge in [-0.1, -0.05) is 29.8 Å². The number of non-ortho nitro benzene ring substituents is 1. The van der Waals surface area contributed by atoms with Crippen molar-refractivity contribution in [3.63, 3.8) is 0 Å². The highest BCUT2D eigenvalue weighted by Crippen LogP contribution is 2.41. The number of esters is 1. The first-order valence-electron chi connectivity index (χ1n) is 9.00. The van der Waals surface area contributed by atoms with Crippen LogP contribution in [-0.2, 0) is 14.2 Å². The van der Waals surface area contributed by atoms with Gasteiger partial charge in [0.25, 0.3) is 5.69 Å². The molecule has 2 heterocycles. The Labute approximate surface area is 171 Å². The molecule has 0 spiro atoms. The Hall–Kier alpha value is -2.68. The third kappa shape index (κ3) is 3.66. The summed E-state index contributed by atoms with van der Waals surface area (Å²) < 4.78 is 23.3. The van der Waals surface area contributed by atoms with Crippen LogP contribution in [0.5, 0.6) is 5.75 Å². The lowest BCUT2D eigenvalue weighted by Gasteiger charge is -2.28. The van der Waals surface area contributed by atoms with Crippen molar-refractivity contribution in [3.05, 3.63) is 69.2 Å². The summed E-state index contributed by atoms with van der Waals surface area (Å²) in [5, 5.41) is 11.0. The predicted molar refractivity (Wildman–Crippen MR) is 102 cm³/mol. The van der Waals surface area contributed by atoms with Gasteiger partial charge < -0.3 is 18.9 Å². The normalized spacial score (nSPS) is 28.0. The smallest absolute Gasteiger partial charge is 0.338 e. The highest BCUT2D eigenvalue weighted by Gasteiger charge is 2.60. The van der Waals surface area contributed by atoms with Crippen LogP contribution >= 0.6 is 11.6 Å². The summed E-state index contributed by atoms with van der Waals surface area (Å²) in [6.45, 7) is 2.19. The van der Waals surface area contributed by atoms with E-state index in [0.29, 0.717) is 11.3 Å². The second-order valence-electron chi connectivity index (χ2n) is 7.04. The molecule has 2 aliphatic heterocycles. The number of nitro groups is 1. The summed E-state index contributed by atoms with van der Waals surface area (Å²) in [6, 6.07) is 12.7. The molecule has 2 fully saturated rings. The molecule has 8 nitrogen and oxygen atoms in total. The van der Waals surface area contributed by atoms with E-state index in [1.54, 1.807) is 24.3 Å². The molecule has 0 aromatic heterocycles. The van der Waals surface area contributed by atoms with E-state index >= 15 is 0 Å². The third-order valence-electron chi connectivity index (χ3n) is 5.19. The molecule has 2 aromatic carbocycles. The summed E-state index contributed by atoms with van der Waals surface area (Å²) >= 11 is 6.11. The van der Waals surface area contributed by atoms with Crippen molar-refractivity contribution in [2.24, 2.45) is 0 Å². The second-order valence-corrected chi connectivity index (χ2v) is 7.44. The van der Waals surface area contributed by atoms with Gasteiger partial charge in [0, 0.05) is 12.1 Å². The number of hydrogen-bond donors (Lipinski definition) is 0. The fourth-order valence-electron chi connectivity index (χ4n) is 3.59. The average molecular weight is 420 g/mol. The zero-order valence-electron chi connectivity index (χ0n) is 15.4. The minimum absolute atomic E-state index is 0.123. The van der Waals surface area contributed by atoms with Crippen molar-refractivity contribution >= 4 is 23.3 Å². The van der Waals surface area contributed by atoms with Crippen LogP contribution in [0.1, 0.15) is 17.3 Å². The van der Waals surface area contributed by atoms with E-state index in [2.05, 4.69) is 0 Å². The van der Waals surface area contributed by atoms with Gasteiger partial charge in [0.05, 0.1) is 28.7 Å². The number of nitro benzene ring substituents is 1. The van der Waals surface area contributed by atoms with E-state index in [9.17, 15) is 14.9 Å². The minimum Gasteiger partial charge on any atom is -0.484 e. The summed E-state index contributed by atoms with van der Waals surface area (Å²) in [7, 11) is 0. The lowest BCUT2D eigenvalue weighted by Crippen LogP contribution is -2.47. The lowest BCUT2D eigenvalue weighted by molar-refractivity contribution is -0.384. The Morgan fingerprint density at radius 2 is 2.00 bits per heavy atom. The second kappa shape index (κ2) is 7.62.